The van der Waals surface area contributed by atoms with Crippen molar-refractivity contribution in [2.45, 2.75) is 6.92 Å². The third-order valence-electron chi connectivity index (χ3n) is 1.97. The van der Waals surface area contributed by atoms with Gasteiger partial charge in [0.15, 0.2) is 0 Å². The first-order valence-electron chi connectivity index (χ1n) is 5.18. The van der Waals surface area contributed by atoms with Gasteiger partial charge in [0, 0.05) is 11.5 Å². The van der Waals surface area contributed by atoms with Gasteiger partial charge in [0.2, 0.25) is 0 Å². The average Bonchev–Trinajstić information content (AvgIpc) is 2.36. The van der Waals surface area contributed by atoms with Crippen molar-refractivity contribution in [2.24, 2.45) is 0 Å². The van der Waals surface area contributed by atoms with Gasteiger partial charge in [0.1, 0.15) is 5.75 Å². The molecule has 0 unspecified atom stereocenters. The topological polar surface area (TPSA) is 72.8 Å². The number of ether oxygens (including phenoxy) is 2. The number of aromatic carboxylic acids is 1. The summed E-state index contributed by atoms with van der Waals surface area (Å²) in [4.78, 5) is 21.9. The summed E-state index contributed by atoms with van der Waals surface area (Å²) in [5.74, 6) is 3.41. The molecule has 18 heavy (non-hydrogen) atoms. The van der Waals surface area contributed by atoms with Crippen molar-refractivity contribution in [2.75, 3.05) is 13.7 Å². The number of carbonyl (C=O) groups excluding carboxylic acids is 1. The van der Waals surface area contributed by atoms with Crippen molar-refractivity contribution >= 4 is 11.9 Å². The molecule has 1 N–H and O–H groups in total. The Morgan fingerprint density at radius 2 is 2.06 bits per heavy atom. The summed E-state index contributed by atoms with van der Waals surface area (Å²) in [7, 11) is 1.42. The fourth-order valence-corrected chi connectivity index (χ4v) is 1.20. The van der Waals surface area contributed by atoms with Crippen molar-refractivity contribution in [3.05, 3.63) is 29.3 Å². The number of hydrogen-bond acceptors (Lipinski definition) is 4. The molecule has 5 nitrogen and oxygen atoms in total. The highest BCUT2D eigenvalue weighted by Crippen LogP contribution is 2.16. The standard InChI is InChI=1S/C13H12O5/c1-3-18-12(14)5-4-9-6-10(13(15)16)8-11(7-9)17-2/h6-8H,3H2,1-2H3,(H,15,16). The number of carboxylic acids is 1. The van der Waals surface area contributed by atoms with Crippen molar-refractivity contribution in [3.8, 4) is 17.6 Å². The van der Waals surface area contributed by atoms with Gasteiger partial charge in [-0.1, -0.05) is 5.92 Å². The molecule has 0 aliphatic carbocycles. The van der Waals surface area contributed by atoms with Gasteiger partial charge in [-0.2, -0.15) is 0 Å². The molecule has 0 aliphatic heterocycles. The first kappa shape index (κ1) is 13.6. The second-order valence-electron chi connectivity index (χ2n) is 3.23. The van der Waals surface area contributed by atoms with Gasteiger partial charge >= 0.3 is 11.9 Å². The molecule has 94 valence electrons. The van der Waals surface area contributed by atoms with Crippen LogP contribution in [0.4, 0.5) is 0 Å². The van der Waals surface area contributed by atoms with Crippen LogP contribution in [0.3, 0.4) is 0 Å². The number of hydrogen-bond donors (Lipinski definition) is 1. The van der Waals surface area contributed by atoms with E-state index in [4.69, 9.17) is 9.84 Å². The van der Waals surface area contributed by atoms with Crippen molar-refractivity contribution in [3.63, 3.8) is 0 Å². The van der Waals surface area contributed by atoms with Crippen molar-refractivity contribution < 1.29 is 24.2 Å². The van der Waals surface area contributed by atoms with E-state index in [1.807, 2.05) is 0 Å². The van der Waals surface area contributed by atoms with Gasteiger partial charge in [-0.15, -0.1) is 0 Å². The molecule has 0 radical (unpaired) electrons. The summed E-state index contributed by atoms with van der Waals surface area (Å²) in [6.07, 6.45) is 0. The molecule has 1 aromatic rings. The van der Waals surface area contributed by atoms with Gasteiger partial charge in [0.25, 0.3) is 0 Å². The minimum Gasteiger partial charge on any atom is -0.497 e. The predicted molar refractivity (Wildman–Crippen MR) is 63.5 cm³/mol. The van der Waals surface area contributed by atoms with Crippen molar-refractivity contribution in [1.29, 1.82) is 0 Å². The van der Waals surface area contributed by atoms with Gasteiger partial charge in [0.05, 0.1) is 19.3 Å². The highest BCUT2D eigenvalue weighted by atomic mass is 16.5. The van der Waals surface area contributed by atoms with E-state index in [-0.39, 0.29) is 12.2 Å². The van der Waals surface area contributed by atoms with E-state index in [0.717, 1.165) is 0 Å². The average molecular weight is 248 g/mol. The third-order valence-corrected chi connectivity index (χ3v) is 1.97. The lowest BCUT2D eigenvalue weighted by atomic mass is 10.1. The molecule has 0 bridgehead atoms. The number of benzene rings is 1. The molecule has 0 aromatic heterocycles. The maximum Gasteiger partial charge on any atom is 0.384 e. The zero-order valence-electron chi connectivity index (χ0n) is 10.0. The van der Waals surface area contributed by atoms with Gasteiger partial charge in [-0.25, -0.2) is 9.59 Å². The Morgan fingerprint density at radius 1 is 1.33 bits per heavy atom. The summed E-state index contributed by atoms with van der Waals surface area (Å²) in [5, 5.41) is 8.90. The van der Waals surface area contributed by atoms with Crippen LogP contribution in [0.15, 0.2) is 18.2 Å². The molecule has 0 saturated heterocycles. The van der Waals surface area contributed by atoms with Gasteiger partial charge in [-0.3, -0.25) is 0 Å². The molecule has 0 amide bonds. The molecule has 0 atom stereocenters. The maximum atomic E-state index is 11.0. The summed E-state index contributed by atoms with van der Waals surface area (Å²) in [6, 6.07) is 4.27. The largest absolute Gasteiger partial charge is 0.497 e. The molecule has 0 spiro atoms. The molecule has 5 heteroatoms. The highest BCUT2D eigenvalue weighted by molar-refractivity contribution is 5.90. The number of rotatable bonds is 3. The monoisotopic (exact) mass is 248 g/mol. The smallest absolute Gasteiger partial charge is 0.384 e. The fourth-order valence-electron chi connectivity index (χ4n) is 1.20. The SMILES string of the molecule is CCOC(=O)C#Cc1cc(OC)cc(C(=O)O)c1. The van der Waals surface area contributed by atoms with E-state index in [1.165, 1.54) is 19.2 Å². The lowest BCUT2D eigenvalue weighted by Gasteiger charge is -2.02. The van der Waals surface area contributed by atoms with E-state index < -0.39 is 11.9 Å². The van der Waals surface area contributed by atoms with Crippen LogP contribution < -0.4 is 4.74 Å². The first-order valence-corrected chi connectivity index (χ1v) is 5.18. The number of carboxylic acid groups (broad SMARTS) is 1. The molecule has 0 saturated carbocycles. The summed E-state index contributed by atoms with van der Waals surface area (Å²) in [5.41, 5.74) is 0.419. The summed E-state index contributed by atoms with van der Waals surface area (Å²) in [6.45, 7) is 1.92. The van der Waals surface area contributed by atoms with Gasteiger partial charge in [-0.05, 0) is 25.1 Å². The van der Waals surface area contributed by atoms with Gasteiger partial charge < -0.3 is 14.6 Å². The summed E-state index contributed by atoms with van der Waals surface area (Å²) < 4.78 is 9.59. The highest BCUT2D eigenvalue weighted by Gasteiger charge is 2.06. The molecular weight excluding hydrogens is 236 g/mol. The number of methoxy groups -OCH3 is 1. The predicted octanol–water partition coefficient (Wildman–Crippen LogP) is 1.31. The van der Waals surface area contributed by atoms with E-state index in [9.17, 15) is 9.59 Å². The molecule has 1 aromatic carbocycles. The minimum atomic E-state index is -1.09. The van der Waals surface area contributed by atoms with Crippen LogP contribution in [-0.4, -0.2) is 30.8 Å². The summed E-state index contributed by atoms with van der Waals surface area (Å²) >= 11 is 0. The number of esters is 1. The zero-order chi connectivity index (χ0) is 13.5. The normalized spacial score (nSPS) is 9.00. The zero-order valence-corrected chi connectivity index (χ0v) is 10.0. The Kier molecular flexibility index (Phi) is 4.76. The molecule has 0 aliphatic rings. The maximum absolute atomic E-state index is 11.0. The Morgan fingerprint density at radius 3 is 2.61 bits per heavy atom. The fraction of sp³-hybridized carbons (Fsp3) is 0.231. The van der Waals surface area contributed by atoms with Crippen LogP contribution >= 0.6 is 0 Å². The van der Waals surface area contributed by atoms with Crippen LogP contribution in [0.25, 0.3) is 0 Å². The van der Waals surface area contributed by atoms with E-state index >= 15 is 0 Å². The van der Waals surface area contributed by atoms with E-state index in [1.54, 1.807) is 13.0 Å². The van der Waals surface area contributed by atoms with Crippen LogP contribution in [0.5, 0.6) is 5.75 Å². The lowest BCUT2D eigenvalue weighted by molar-refractivity contribution is -0.136. The van der Waals surface area contributed by atoms with Crippen LogP contribution in [0.2, 0.25) is 0 Å². The van der Waals surface area contributed by atoms with E-state index in [0.29, 0.717) is 11.3 Å². The molecule has 0 fully saturated rings. The molecular formula is C13H12O5. The molecule has 1 rings (SSSR count). The Bertz CT molecular complexity index is 522. The Hall–Kier alpha value is -2.48. The first-order chi connectivity index (χ1) is 8.56. The molecule has 0 heterocycles. The van der Waals surface area contributed by atoms with E-state index in [2.05, 4.69) is 16.6 Å². The van der Waals surface area contributed by atoms with Crippen LogP contribution in [0.1, 0.15) is 22.8 Å². The second-order valence-corrected chi connectivity index (χ2v) is 3.23. The lowest BCUT2D eigenvalue weighted by Crippen LogP contribution is -2.00. The second kappa shape index (κ2) is 6.30. The van der Waals surface area contributed by atoms with Crippen molar-refractivity contribution in [1.82, 2.24) is 0 Å². The minimum absolute atomic E-state index is 0.0440. The number of carbonyl (C=O) groups is 2. The Balaban J connectivity index is 3.05. The Labute approximate surface area is 104 Å². The third kappa shape index (κ3) is 3.83. The van der Waals surface area contributed by atoms with Crippen LogP contribution in [-0.2, 0) is 9.53 Å². The quantitative estimate of drug-likeness (QED) is 0.645. The van der Waals surface area contributed by atoms with Crippen LogP contribution in [0, 0.1) is 11.8 Å².